The zero-order chi connectivity index (χ0) is 25.2. The average Bonchev–Trinajstić information content (AvgIpc) is 3.34. The van der Waals surface area contributed by atoms with Gasteiger partial charge in [0, 0.05) is 42.7 Å². The summed E-state index contributed by atoms with van der Waals surface area (Å²) in [5.74, 6) is -1.75. The van der Waals surface area contributed by atoms with E-state index in [9.17, 15) is 22.8 Å². The summed E-state index contributed by atoms with van der Waals surface area (Å²) in [4.78, 5) is 32.7. The first-order chi connectivity index (χ1) is 16.7. The van der Waals surface area contributed by atoms with E-state index < -0.39 is 17.9 Å². The number of carbonyl (C=O) groups is 1. The number of hydrogen-bond acceptors (Lipinski definition) is 5. The van der Waals surface area contributed by atoms with Gasteiger partial charge in [0.15, 0.2) is 0 Å². The van der Waals surface area contributed by atoms with Crippen LogP contribution in [0.25, 0.3) is 16.9 Å². The minimum atomic E-state index is -4.74. The van der Waals surface area contributed by atoms with E-state index in [1.54, 1.807) is 24.5 Å². The maximum absolute atomic E-state index is 13.4. The number of aromatic nitrogens is 5. The lowest BCUT2D eigenvalue weighted by atomic mass is 10.0. The SMILES string of the molecule is CCn1ccc(CNC(=O)c2cc(-c3ccc(C)cn3)cc(-n3ncnc3C(F)(F)F)c2)cc1=O. The Balaban J connectivity index is 1.71. The van der Waals surface area contributed by atoms with E-state index in [0.29, 0.717) is 28.0 Å². The lowest BCUT2D eigenvalue weighted by Gasteiger charge is -2.13. The predicted molar refractivity (Wildman–Crippen MR) is 122 cm³/mol. The lowest BCUT2D eigenvalue weighted by molar-refractivity contribution is -0.146. The van der Waals surface area contributed by atoms with Gasteiger partial charge in [-0.1, -0.05) is 6.07 Å². The fourth-order valence-electron chi connectivity index (χ4n) is 3.48. The molecule has 0 unspecified atom stereocenters. The van der Waals surface area contributed by atoms with Crippen LogP contribution >= 0.6 is 0 Å². The van der Waals surface area contributed by atoms with Crippen molar-refractivity contribution in [3.63, 3.8) is 0 Å². The third kappa shape index (κ3) is 5.29. The van der Waals surface area contributed by atoms with Gasteiger partial charge in [-0.2, -0.15) is 18.3 Å². The molecule has 0 spiro atoms. The summed E-state index contributed by atoms with van der Waals surface area (Å²) in [5.41, 5.74) is 2.32. The molecule has 1 N–H and O–H groups in total. The summed E-state index contributed by atoms with van der Waals surface area (Å²) < 4.78 is 42.5. The van der Waals surface area contributed by atoms with Crippen molar-refractivity contribution in [3.8, 4) is 16.9 Å². The van der Waals surface area contributed by atoms with Crippen molar-refractivity contribution in [2.45, 2.75) is 33.1 Å². The van der Waals surface area contributed by atoms with Crippen LogP contribution in [0.4, 0.5) is 13.2 Å². The molecule has 180 valence electrons. The third-order valence-corrected chi connectivity index (χ3v) is 5.29. The Morgan fingerprint density at radius 3 is 2.54 bits per heavy atom. The van der Waals surface area contributed by atoms with Crippen LogP contribution in [0.15, 0.2) is 66.0 Å². The van der Waals surface area contributed by atoms with Gasteiger partial charge in [0.1, 0.15) is 6.33 Å². The normalized spacial score (nSPS) is 11.5. The highest BCUT2D eigenvalue weighted by Crippen LogP contribution is 2.30. The van der Waals surface area contributed by atoms with E-state index in [1.807, 2.05) is 19.9 Å². The molecule has 0 saturated heterocycles. The third-order valence-electron chi connectivity index (χ3n) is 5.29. The molecule has 4 rings (SSSR count). The number of amides is 1. The molecule has 4 aromatic rings. The highest BCUT2D eigenvalue weighted by Gasteiger charge is 2.37. The van der Waals surface area contributed by atoms with Gasteiger partial charge < -0.3 is 9.88 Å². The molecule has 3 aromatic heterocycles. The smallest absolute Gasteiger partial charge is 0.348 e. The number of nitrogens with one attached hydrogen (secondary N) is 1. The first-order valence-electron chi connectivity index (χ1n) is 10.7. The summed E-state index contributed by atoms with van der Waals surface area (Å²) in [7, 11) is 0. The van der Waals surface area contributed by atoms with Gasteiger partial charge in [0.05, 0.1) is 11.4 Å². The Kier molecular flexibility index (Phi) is 6.50. The van der Waals surface area contributed by atoms with Crippen LogP contribution in [0.2, 0.25) is 0 Å². The molecular formula is C24H21F3N6O2. The largest absolute Gasteiger partial charge is 0.451 e. The molecule has 0 aliphatic heterocycles. The molecule has 0 atom stereocenters. The molecular weight excluding hydrogens is 461 g/mol. The molecule has 0 bridgehead atoms. The van der Waals surface area contributed by atoms with E-state index in [1.165, 1.54) is 28.8 Å². The van der Waals surface area contributed by atoms with E-state index >= 15 is 0 Å². The van der Waals surface area contributed by atoms with E-state index in [0.717, 1.165) is 11.9 Å². The molecule has 8 nitrogen and oxygen atoms in total. The lowest BCUT2D eigenvalue weighted by Crippen LogP contribution is -2.25. The molecule has 1 amide bonds. The topological polar surface area (TPSA) is 94.7 Å². The molecule has 0 fully saturated rings. The van der Waals surface area contributed by atoms with Crippen LogP contribution in [-0.4, -0.2) is 30.2 Å². The zero-order valence-electron chi connectivity index (χ0n) is 18.9. The maximum Gasteiger partial charge on any atom is 0.451 e. The van der Waals surface area contributed by atoms with Gasteiger partial charge >= 0.3 is 6.18 Å². The van der Waals surface area contributed by atoms with Crippen LogP contribution < -0.4 is 10.9 Å². The fourth-order valence-corrected chi connectivity index (χ4v) is 3.48. The molecule has 0 radical (unpaired) electrons. The zero-order valence-corrected chi connectivity index (χ0v) is 18.9. The predicted octanol–water partition coefficient (Wildman–Crippen LogP) is 3.77. The molecule has 35 heavy (non-hydrogen) atoms. The molecule has 3 heterocycles. The standard InChI is InChI=1S/C24H21F3N6O2/c1-3-32-7-6-16(8-21(32)34)13-29-22(35)18-9-17(20-5-4-15(2)12-28-20)10-19(11-18)33-23(24(25,26)27)30-14-31-33/h4-12,14H,3,13H2,1-2H3,(H,29,35). The Hall–Kier alpha value is -4.28. The summed E-state index contributed by atoms with van der Waals surface area (Å²) >= 11 is 0. The maximum atomic E-state index is 13.4. The van der Waals surface area contributed by atoms with Crippen LogP contribution in [0.3, 0.4) is 0 Å². The summed E-state index contributed by atoms with van der Waals surface area (Å²) in [5, 5.41) is 6.43. The summed E-state index contributed by atoms with van der Waals surface area (Å²) in [6.07, 6.45) is -0.681. The Morgan fingerprint density at radius 2 is 1.89 bits per heavy atom. The van der Waals surface area contributed by atoms with Crippen molar-refractivity contribution in [1.82, 2.24) is 29.6 Å². The summed E-state index contributed by atoms with van der Waals surface area (Å²) in [6, 6.07) is 11.0. The number of pyridine rings is 2. The van der Waals surface area contributed by atoms with Crippen molar-refractivity contribution >= 4 is 5.91 Å². The molecule has 0 saturated carbocycles. The molecule has 0 aliphatic carbocycles. The Bertz CT molecular complexity index is 1420. The highest BCUT2D eigenvalue weighted by molar-refractivity contribution is 5.96. The van der Waals surface area contributed by atoms with Gasteiger partial charge in [0.2, 0.25) is 5.82 Å². The number of halogens is 3. The van der Waals surface area contributed by atoms with Gasteiger partial charge in [0.25, 0.3) is 11.5 Å². The number of hydrogen-bond donors (Lipinski definition) is 1. The monoisotopic (exact) mass is 482 g/mol. The van der Waals surface area contributed by atoms with E-state index in [4.69, 9.17) is 0 Å². The minimum Gasteiger partial charge on any atom is -0.348 e. The van der Waals surface area contributed by atoms with Crippen molar-refractivity contribution in [1.29, 1.82) is 0 Å². The molecule has 1 aromatic carbocycles. The van der Waals surface area contributed by atoms with Gasteiger partial charge in [-0.25, -0.2) is 9.67 Å². The first kappa shape index (κ1) is 23.9. The second-order valence-electron chi connectivity index (χ2n) is 7.82. The van der Waals surface area contributed by atoms with Crippen LogP contribution in [0.5, 0.6) is 0 Å². The van der Waals surface area contributed by atoms with Crippen LogP contribution in [-0.2, 0) is 19.3 Å². The minimum absolute atomic E-state index is 0.00499. The number of benzene rings is 1. The number of aryl methyl sites for hydroxylation is 2. The second kappa shape index (κ2) is 9.53. The fraction of sp³-hybridized carbons (Fsp3) is 0.208. The van der Waals surface area contributed by atoms with E-state index in [2.05, 4.69) is 20.4 Å². The Labute approximate surface area is 198 Å². The quantitative estimate of drug-likeness (QED) is 0.452. The molecule has 11 heteroatoms. The van der Waals surface area contributed by atoms with Crippen molar-refractivity contribution in [3.05, 3.63) is 94.1 Å². The molecule has 0 aliphatic rings. The first-order valence-corrected chi connectivity index (χ1v) is 10.7. The van der Waals surface area contributed by atoms with Crippen molar-refractivity contribution < 1.29 is 18.0 Å². The number of alkyl halides is 3. The van der Waals surface area contributed by atoms with Gasteiger partial charge in [-0.3, -0.25) is 14.6 Å². The van der Waals surface area contributed by atoms with Crippen LogP contribution in [0, 0.1) is 6.92 Å². The van der Waals surface area contributed by atoms with Crippen molar-refractivity contribution in [2.24, 2.45) is 0 Å². The van der Waals surface area contributed by atoms with Crippen molar-refractivity contribution in [2.75, 3.05) is 0 Å². The Morgan fingerprint density at radius 1 is 1.09 bits per heavy atom. The second-order valence-corrected chi connectivity index (χ2v) is 7.82. The van der Waals surface area contributed by atoms with Crippen LogP contribution in [0.1, 0.15) is 34.2 Å². The number of carbonyl (C=O) groups excluding carboxylic acids is 1. The van der Waals surface area contributed by atoms with Gasteiger partial charge in [-0.05, 0) is 55.3 Å². The summed E-state index contributed by atoms with van der Waals surface area (Å²) in [6.45, 7) is 4.29. The number of nitrogens with zero attached hydrogens (tertiary/aromatic N) is 5. The highest BCUT2D eigenvalue weighted by atomic mass is 19.4. The average molecular weight is 482 g/mol. The van der Waals surface area contributed by atoms with Gasteiger partial charge in [-0.15, -0.1) is 0 Å². The van der Waals surface area contributed by atoms with E-state index in [-0.39, 0.29) is 23.4 Å². The number of rotatable bonds is 6.